The molecule has 2 N–H and O–H groups in total. The molecule has 106 valence electrons. The molecule has 0 aliphatic heterocycles. The molecule has 0 fully saturated rings. The Balaban J connectivity index is 1.88. The van der Waals surface area contributed by atoms with Crippen LogP contribution in [0, 0.1) is 0 Å². The van der Waals surface area contributed by atoms with Crippen LogP contribution < -0.4 is 10.5 Å². The summed E-state index contributed by atoms with van der Waals surface area (Å²) in [5, 5.41) is 0. The lowest BCUT2D eigenvalue weighted by Gasteiger charge is -2.08. The van der Waals surface area contributed by atoms with Crippen molar-refractivity contribution < 1.29 is 17.9 Å². The molecule has 0 amide bonds. The maximum atomic E-state index is 12.4. The molecule has 0 unspecified atom stereocenters. The van der Waals surface area contributed by atoms with Crippen molar-refractivity contribution in [2.75, 3.05) is 12.3 Å². The maximum Gasteiger partial charge on any atom is 0.416 e. The Kier molecular flexibility index (Phi) is 4.12. The number of benzene rings is 1. The van der Waals surface area contributed by atoms with E-state index >= 15 is 0 Å². The SMILES string of the molecule is Nc1ccnc(OCCc2ccc(C(F)(F)F)cc2)c1. The topological polar surface area (TPSA) is 48.1 Å². The summed E-state index contributed by atoms with van der Waals surface area (Å²) in [7, 11) is 0. The average molecular weight is 282 g/mol. The number of halogens is 3. The van der Waals surface area contributed by atoms with Gasteiger partial charge in [-0.25, -0.2) is 4.98 Å². The van der Waals surface area contributed by atoms with E-state index in [2.05, 4.69) is 4.98 Å². The van der Waals surface area contributed by atoms with E-state index in [1.165, 1.54) is 18.3 Å². The maximum absolute atomic E-state index is 12.4. The van der Waals surface area contributed by atoms with Crippen molar-refractivity contribution in [2.45, 2.75) is 12.6 Å². The van der Waals surface area contributed by atoms with E-state index < -0.39 is 11.7 Å². The number of nitrogens with zero attached hydrogens (tertiary/aromatic N) is 1. The molecule has 0 spiro atoms. The Morgan fingerprint density at radius 2 is 1.80 bits per heavy atom. The Morgan fingerprint density at radius 3 is 2.40 bits per heavy atom. The Hall–Kier alpha value is -2.24. The fourth-order valence-corrected chi connectivity index (χ4v) is 1.64. The van der Waals surface area contributed by atoms with Crippen LogP contribution in [-0.2, 0) is 12.6 Å². The number of nitrogens with two attached hydrogens (primary N) is 1. The normalized spacial score (nSPS) is 11.3. The zero-order valence-electron chi connectivity index (χ0n) is 10.5. The second-order valence-corrected chi connectivity index (χ2v) is 4.22. The third-order valence-electron chi connectivity index (χ3n) is 2.68. The number of hydrogen-bond donors (Lipinski definition) is 1. The number of nitrogen functional groups attached to an aromatic ring is 1. The molecule has 1 heterocycles. The lowest BCUT2D eigenvalue weighted by Crippen LogP contribution is -2.06. The average Bonchev–Trinajstić information content (AvgIpc) is 2.38. The summed E-state index contributed by atoms with van der Waals surface area (Å²) in [5.41, 5.74) is 6.23. The lowest BCUT2D eigenvalue weighted by atomic mass is 10.1. The van der Waals surface area contributed by atoms with Crippen LogP contribution in [-0.4, -0.2) is 11.6 Å². The number of aromatic nitrogens is 1. The third kappa shape index (κ3) is 3.88. The second kappa shape index (κ2) is 5.81. The van der Waals surface area contributed by atoms with Gasteiger partial charge in [-0.1, -0.05) is 12.1 Å². The molecular weight excluding hydrogens is 269 g/mol. The first kappa shape index (κ1) is 14.2. The van der Waals surface area contributed by atoms with Crippen molar-refractivity contribution in [3.63, 3.8) is 0 Å². The summed E-state index contributed by atoms with van der Waals surface area (Å²) >= 11 is 0. The standard InChI is InChI=1S/C14H13F3N2O/c15-14(16,17)11-3-1-10(2-4-11)6-8-20-13-9-12(18)5-7-19-13/h1-5,7,9H,6,8H2,(H2,18,19). The number of alkyl halides is 3. The minimum atomic E-state index is -4.31. The summed E-state index contributed by atoms with van der Waals surface area (Å²) in [6, 6.07) is 8.25. The summed E-state index contributed by atoms with van der Waals surface area (Å²) < 4.78 is 42.5. The molecule has 0 aliphatic carbocycles. The van der Waals surface area contributed by atoms with Gasteiger partial charge in [-0.05, 0) is 23.8 Å². The van der Waals surface area contributed by atoms with Crippen molar-refractivity contribution in [1.82, 2.24) is 4.98 Å². The van der Waals surface area contributed by atoms with Gasteiger partial charge in [0.2, 0.25) is 5.88 Å². The van der Waals surface area contributed by atoms with Gasteiger partial charge in [-0.2, -0.15) is 13.2 Å². The highest BCUT2D eigenvalue weighted by atomic mass is 19.4. The van der Waals surface area contributed by atoms with Crippen LogP contribution in [0.4, 0.5) is 18.9 Å². The predicted octanol–water partition coefficient (Wildman–Crippen LogP) is 3.30. The Bertz CT molecular complexity index is 567. The zero-order valence-corrected chi connectivity index (χ0v) is 10.5. The van der Waals surface area contributed by atoms with Crippen LogP contribution in [0.15, 0.2) is 42.6 Å². The van der Waals surface area contributed by atoms with E-state index in [1.54, 1.807) is 12.1 Å². The van der Waals surface area contributed by atoms with E-state index in [1.807, 2.05) is 0 Å². The number of hydrogen-bond acceptors (Lipinski definition) is 3. The second-order valence-electron chi connectivity index (χ2n) is 4.22. The monoisotopic (exact) mass is 282 g/mol. The summed E-state index contributed by atoms with van der Waals surface area (Å²) in [5.74, 6) is 0.400. The fourth-order valence-electron chi connectivity index (χ4n) is 1.64. The minimum Gasteiger partial charge on any atom is -0.477 e. The number of ether oxygens (including phenoxy) is 1. The first-order valence-corrected chi connectivity index (χ1v) is 5.95. The van der Waals surface area contributed by atoms with E-state index in [-0.39, 0.29) is 0 Å². The van der Waals surface area contributed by atoms with Crippen LogP contribution in [0.5, 0.6) is 5.88 Å². The van der Waals surface area contributed by atoms with Gasteiger partial charge in [0.25, 0.3) is 0 Å². The van der Waals surface area contributed by atoms with Gasteiger partial charge in [-0.15, -0.1) is 0 Å². The first-order chi connectivity index (χ1) is 9.45. The Labute approximate surface area is 114 Å². The minimum absolute atomic E-state index is 0.321. The van der Waals surface area contributed by atoms with Crippen molar-refractivity contribution in [3.05, 3.63) is 53.7 Å². The summed E-state index contributed by atoms with van der Waals surface area (Å²) in [6.45, 7) is 0.321. The first-order valence-electron chi connectivity index (χ1n) is 5.95. The highest BCUT2D eigenvalue weighted by Crippen LogP contribution is 2.29. The van der Waals surface area contributed by atoms with Gasteiger partial charge in [0.05, 0.1) is 12.2 Å². The van der Waals surface area contributed by atoms with E-state index in [0.717, 1.165) is 17.7 Å². The molecule has 0 radical (unpaired) electrons. The van der Waals surface area contributed by atoms with Crippen LogP contribution in [0.3, 0.4) is 0 Å². The van der Waals surface area contributed by atoms with E-state index in [0.29, 0.717) is 24.6 Å². The molecule has 1 aromatic heterocycles. The van der Waals surface area contributed by atoms with Crippen molar-refractivity contribution in [2.24, 2.45) is 0 Å². The molecule has 1 aromatic carbocycles. The zero-order chi connectivity index (χ0) is 14.6. The molecule has 2 rings (SSSR count). The molecule has 20 heavy (non-hydrogen) atoms. The number of anilines is 1. The molecule has 0 aliphatic rings. The molecule has 0 bridgehead atoms. The number of pyridine rings is 1. The molecule has 0 saturated carbocycles. The van der Waals surface area contributed by atoms with Crippen LogP contribution >= 0.6 is 0 Å². The Morgan fingerprint density at radius 1 is 1.10 bits per heavy atom. The van der Waals surface area contributed by atoms with Crippen molar-refractivity contribution >= 4 is 5.69 Å². The number of rotatable bonds is 4. The highest BCUT2D eigenvalue weighted by molar-refractivity contribution is 5.39. The molecule has 2 aromatic rings. The third-order valence-corrected chi connectivity index (χ3v) is 2.68. The van der Waals surface area contributed by atoms with Gasteiger partial charge < -0.3 is 10.5 Å². The van der Waals surface area contributed by atoms with Crippen LogP contribution in [0.2, 0.25) is 0 Å². The molecular formula is C14H13F3N2O. The van der Waals surface area contributed by atoms with Gasteiger partial charge in [0, 0.05) is 24.4 Å². The van der Waals surface area contributed by atoms with Crippen LogP contribution in [0.25, 0.3) is 0 Å². The van der Waals surface area contributed by atoms with Gasteiger partial charge in [-0.3, -0.25) is 0 Å². The van der Waals surface area contributed by atoms with Crippen molar-refractivity contribution in [1.29, 1.82) is 0 Å². The summed E-state index contributed by atoms with van der Waals surface area (Å²) in [4.78, 5) is 3.97. The fraction of sp³-hybridized carbons (Fsp3) is 0.214. The van der Waals surface area contributed by atoms with Gasteiger partial charge in [0.15, 0.2) is 0 Å². The molecule has 0 saturated heterocycles. The van der Waals surface area contributed by atoms with Crippen LogP contribution in [0.1, 0.15) is 11.1 Å². The molecule has 6 heteroatoms. The highest BCUT2D eigenvalue weighted by Gasteiger charge is 2.29. The predicted molar refractivity (Wildman–Crippen MR) is 69.3 cm³/mol. The van der Waals surface area contributed by atoms with Gasteiger partial charge >= 0.3 is 6.18 Å². The largest absolute Gasteiger partial charge is 0.477 e. The molecule has 0 atom stereocenters. The summed E-state index contributed by atoms with van der Waals surface area (Å²) in [6.07, 6.45) is -2.28. The van der Waals surface area contributed by atoms with Crippen molar-refractivity contribution in [3.8, 4) is 5.88 Å². The van der Waals surface area contributed by atoms with Gasteiger partial charge in [0.1, 0.15) is 0 Å². The van der Waals surface area contributed by atoms with E-state index in [4.69, 9.17) is 10.5 Å². The quantitative estimate of drug-likeness (QED) is 0.936. The smallest absolute Gasteiger partial charge is 0.416 e. The molecule has 3 nitrogen and oxygen atoms in total. The lowest BCUT2D eigenvalue weighted by molar-refractivity contribution is -0.137. The van der Waals surface area contributed by atoms with E-state index in [9.17, 15) is 13.2 Å².